The molecule has 0 unspecified atom stereocenters. The van der Waals surface area contributed by atoms with Gasteiger partial charge in [0, 0.05) is 11.9 Å². The third-order valence-electron chi connectivity index (χ3n) is 5.99. The van der Waals surface area contributed by atoms with Crippen molar-refractivity contribution in [3.8, 4) is 17.2 Å². The topological polar surface area (TPSA) is 36.3 Å². The lowest BCUT2D eigenvalue weighted by Crippen LogP contribution is -2.45. The third-order valence-corrected chi connectivity index (χ3v) is 6.30. The summed E-state index contributed by atoms with van der Waals surface area (Å²) in [5.74, 6) is 2.74. The van der Waals surface area contributed by atoms with Gasteiger partial charge in [0.05, 0.1) is 31.3 Å². The summed E-state index contributed by atoms with van der Waals surface area (Å²) in [5.41, 5.74) is 4.56. The molecule has 0 N–H and O–H groups in total. The summed E-state index contributed by atoms with van der Waals surface area (Å²) in [7, 11) is 3.44. The Morgan fingerprint density at radius 3 is 1.77 bits per heavy atom. The van der Waals surface area contributed by atoms with Crippen LogP contribution in [-0.2, 0) is 0 Å². The molecular formula is C29H34BClN2O2. The van der Waals surface area contributed by atoms with E-state index in [1.54, 1.807) is 20.5 Å². The third kappa shape index (κ3) is 6.29. The highest BCUT2D eigenvalue weighted by atomic mass is 35.5. The van der Waals surface area contributed by atoms with Crippen LogP contribution >= 0.6 is 11.6 Å². The molecule has 0 amide bonds. The Bertz CT molecular complexity index is 1180. The summed E-state index contributed by atoms with van der Waals surface area (Å²) >= 11 is 6.14. The standard InChI is InChI=1S/C17H21BO2.C12H13ClN2/c1-13(2)18(14-9-5-7-11-16(14)19-3)15-10-6-8-12-17(15)20-4;1-9(2)12-7-14-8-15(12)11-6-4-3-5-10(11)13/h5-13H,1-4H3;3-9H,1-2H3. The molecule has 35 heavy (non-hydrogen) atoms. The molecule has 0 fully saturated rings. The molecule has 4 rings (SSSR count). The number of halogens is 1. The fraction of sp³-hybridized carbons (Fsp3) is 0.276. The summed E-state index contributed by atoms with van der Waals surface area (Å²) < 4.78 is 13.1. The summed E-state index contributed by atoms with van der Waals surface area (Å²) in [6.07, 6.45) is 3.69. The zero-order valence-electron chi connectivity index (χ0n) is 21.4. The Labute approximate surface area is 215 Å². The van der Waals surface area contributed by atoms with Gasteiger partial charge in [-0.25, -0.2) is 4.98 Å². The zero-order chi connectivity index (χ0) is 25.4. The van der Waals surface area contributed by atoms with E-state index in [0.717, 1.165) is 22.2 Å². The minimum absolute atomic E-state index is 0.252. The van der Waals surface area contributed by atoms with Crippen molar-refractivity contribution in [2.24, 2.45) is 0 Å². The number of benzene rings is 3. The number of nitrogens with zero attached hydrogens (tertiary/aromatic N) is 2. The average molecular weight is 489 g/mol. The van der Waals surface area contributed by atoms with Crippen molar-refractivity contribution in [3.05, 3.63) is 96.0 Å². The van der Waals surface area contributed by atoms with Crippen LogP contribution in [0.2, 0.25) is 10.8 Å². The average Bonchev–Trinajstić information content (AvgIpc) is 3.35. The van der Waals surface area contributed by atoms with E-state index in [-0.39, 0.29) is 6.71 Å². The maximum Gasteiger partial charge on any atom is 0.221 e. The number of aromatic nitrogens is 2. The first-order valence-corrected chi connectivity index (χ1v) is 12.3. The van der Waals surface area contributed by atoms with Gasteiger partial charge in [-0.1, -0.05) is 93.6 Å². The second kappa shape index (κ2) is 12.5. The first kappa shape index (κ1) is 26.4. The molecule has 0 atom stereocenters. The number of para-hydroxylation sites is 3. The molecule has 0 aliphatic carbocycles. The van der Waals surface area contributed by atoms with E-state index in [4.69, 9.17) is 21.1 Å². The lowest BCUT2D eigenvalue weighted by Gasteiger charge is -2.22. The molecule has 0 saturated carbocycles. The van der Waals surface area contributed by atoms with Crippen molar-refractivity contribution in [2.75, 3.05) is 14.2 Å². The first-order chi connectivity index (χ1) is 16.9. The van der Waals surface area contributed by atoms with Gasteiger partial charge < -0.3 is 14.0 Å². The Kier molecular flexibility index (Phi) is 9.44. The molecular weight excluding hydrogens is 455 g/mol. The molecule has 4 aromatic rings. The Morgan fingerprint density at radius 1 is 0.771 bits per heavy atom. The van der Waals surface area contributed by atoms with Crippen LogP contribution in [0.4, 0.5) is 0 Å². The normalized spacial score (nSPS) is 10.7. The fourth-order valence-corrected chi connectivity index (χ4v) is 4.54. The monoisotopic (exact) mass is 488 g/mol. The predicted octanol–water partition coefficient (Wildman–Crippen LogP) is 6.37. The maximum atomic E-state index is 6.14. The number of ether oxygens (including phenoxy) is 2. The number of hydrogen-bond donors (Lipinski definition) is 0. The van der Waals surface area contributed by atoms with Crippen LogP contribution in [0, 0.1) is 0 Å². The van der Waals surface area contributed by atoms with Crippen molar-refractivity contribution >= 4 is 29.2 Å². The van der Waals surface area contributed by atoms with Crippen molar-refractivity contribution in [1.29, 1.82) is 0 Å². The van der Waals surface area contributed by atoms with Crippen LogP contribution in [0.15, 0.2) is 85.3 Å². The largest absolute Gasteiger partial charge is 0.497 e. The molecule has 1 heterocycles. The predicted molar refractivity (Wildman–Crippen MR) is 149 cm³/mol. The van der Waals surface area contributed by atoms with E-state index in [2.05, 4.69) is 56.9 Å². The molecule has 0 aliphatic heterocycles. The van der Waals surface area contributed by atoms with E-state index < -0.39 is 0 Å². The van der Waals surface area contributed by atoms with Crippen molar-refractivity contribution in [1.82, 2.24) is 9.55 Å². The van der Waals surface area contributed by atoms with Crippen LogP contribution in [0.3, 0.4) is 0 Å². The Morgan fingerprint density at radius 2 is 1.29 bits per heavy atom. The number of imidazole rings is 1. The highest BCUT2D eigenvalue weighted by Gasteiger charge is 2.28. The number of rotatable bonds is 7. The van der Waals surface area contributed by atoms with E-state index in [0.29, 0.717) is 11.7 Å². The quantitative estimate of drug-likeness (QED) is 0.283. The molecule has 0 aliphatic rings. The van der Waals surface area contributed by atoms with Gasteiger partial charge in [-0.15, -0.1) is 0 Å². The second-order valence-corrected chi connectivity index (χ2v) is 9.41. The fourth-order valence-electron chi connectivity index (χ4n) is 4.31. The van der Waals surface area contributed by atoms with E-state index >= 15 is 0 Å². The van der Waals surface area contributed by atoms with Crippen LogP contribution in [0.25, 0.3) is 5.69 Å². The zero-order valence-corrected chi connectivity index (χ0v) is 22.2. The summed E-state index contributed by atoms with van der Waals surface area (Å²) in [5, 5.41) is 0.748. The van der Waals surface area contributed by atoms with Gasteiger partial charge in [-0.3, -0.25) is 0 Å². The van der Waals surface area contributed by atoms with E-state index in [1.165, 1.54) is 16.6 Å². The van der Waals surface area contributed by atoms with Gasteiger partial charge in [-0.05, 0) is 41.1 Å². The number of methoxy groups -OCH3 is 2. The van der Waals surface area contributed by atoms with Crippen LogP contribution in [-0.4, -0.2) is 30.5 Å². The molecule has 0 spiro atoms. The molecule has 0 saturated heterocycles. The smallest absolute Gasteiger partial charge is 0.221 e. The first-order valence-electron chi connectivity index (χ1n) is 11.9. The summed E-state index contributed by atoms with van der Waals surface area (Å²) in [6, 6.07) is 24.2. The minimum Gasteiger partial charge on any atom is -0.497 e. The van der Waals surface area contributed by atoms with Crippen LogP contribution in [0.5, 0.6) is 11.5 Å². The van der Waals surface area contributed by atoms with Crippen LogP contribution in [0.1, 0.15) is 39.3 Å². The van der Waals surface area contributed by atoms with E-state index in [9.17, 15) is 0 Å². The molecule has 4 nitrogen and oxygen atoms in total. The second-order valence-electron chi connectivity index (χ2n) is 9.00. The molecule has 182 valence electrons. The molecule has 0 radical (unpaired) electrons. The van der Waals surface area contributed by atoms with Crippen molar-refractivity contribution in [3.63, 3.8) is 0 Å². The van der Waals surface area contributed by atoms with Crippen LogP contribution < -0.4 is 20.4 Å². The highest BCUT2D eigenvalue weighted by Crippen LogP contribution is 2.24. The summed E-state index contributed by atoms with van der Waals surface area (Å²) in [4.78, 5) is 4.17. The molecule has 6 heteroatoms. The lowest BCUT2D eigenvalue weighted by molar-refractivity contribution is 0.417. The maximum absolute atomic E-state index is 6.14. The van der Waals surface area contributed by atoms with E-state index in [1.807, 2.05) is 59.3 Å². The lowest BCUT2D eigenvalue weighted by atomic mass is 9.34. The van der Waals surface area contributed by atoms with Gasteiger partial charge in [0.15, 0.2) is 0 Å². The molecule has 0 bridgehead atoms. The SMILES string of the molecule is CC(C)c1cncn1-c1ccccc1Cl.COc1ccccc1B(c1ccccc1OC)C(C)C. The molecule has 3 aromatic carbocycles. The van der Waals surface area contributed by atoms with Gasteiger partial charge in [0.1, 0.15) is 11.5 Å². The minimum atomic E-state index is 0.252. The van der Waals surface area contributed by atoms with Crippen molar-refractivity contribution < 1.29 is 9.47 Å². The van der Waals surface area contributed by atoms with Crippen molar-refractivity contribution in [2.45, 2.75) is 39.4 Å². The van der Waals surface area contributed by atoms with Gasteiger partial charge in [-0.2, -0.15) is 0 Å². The summed E-state index contributed by atoms with van der Waals surface area (Å²) in [6.45, 7) is 8.99. The highest BCUT2D eigenvalue weighted by molar-refractivity contribution is 6.87. The molecule has 1 aromatic heterocycles. The van der Waals surface area contributed by atoms with Gasteiger partial charge in [0.25, 0.3) is 0 Å². The van der Waals surface area contributed by atoms with Gasteiger partial charge >= 0.3 is 0 Å². The Balaban J connectivity index is 0.000000203. The Hall–Kier alpha value is -3.18. The van der Waals surface area contributed by atoms with Gasteiger partial charge in [0.2, 0.25) is 6.71 Å². The number of hydrogen-bond acceptors (Lipinski definition) is 3.